The Labute approximate surface area is 176 Å². The van der Waals surface area contributed by atoms with Crippen molar-refractivity contribution in [2.75, 3.05) is 0 Å². The molecule has 0 fully saturated rings. The number of carbonyl (C=O) groups is 2. The lowest BCUT2D eigenvalue weighted by atomic mass is 10.0. The Morgan fingerprint density at radius 2 is 1.87 bits per heavy atom. The normalized spacial score (nSPS) is 13.6. The molecule has 0 aliphatic heterocycles. The Morgan fingerprint density at radius 1 is 1.07 bits per heavy atom. The molecule has 0 saturated heterocycles. The maximum Gasteiger partial charge on any atom is 0.221 e. The maximum atomic E-state index is 12.5. The molecule has 5 heteroatoms. The van der Waals surface area contributed by atoms with E-state index < -0.39 is 0 Å². The number of H-pyrrole nitrogens is 1. The summed E-state index contributed by atoms with van der Waals surface area (Å²) in [6.07, 6.45) is 6.20. The minimum atomic E-state index is -0.204. The summed E-state index contributed by atoms with van der Waals surface area (Å²) in [5, 5.41) is 3.01. The van der Waals surface area contributed by atoms with Crippen molar-refractivity contribution in [2.24, 2.45) is 0 Å². The number of hydrogen-bond acceptors (Lipinski definition) is 3. The van der Waals surface area contributed by atoms with Crippen LogP contribution in [0.3, 0.4) is 0 Å². The van der Waals surface area contributed by atoms with Crippen molar-refractivity contribution >= 4 is 11.7 Å². The van der Waals surface area contributed by atoms with E-state index in [4.69, 9.17) is 0 Å². The highest BCUT2D eigenvalue weighted by Gasteiger charge is 2.18. The van der Waals surface area contributed by atoms with E-state index in [-0.39, 0.29) is 30.6 Å². The van der Waals surface area contributed by atoms with Crippen molar-refractivity contribution < 1.29 is 9.59 Å². The largest absolute Gasteiger partial charge is 0.346 e. The third kappa shape index (κ3) is 4.51. The zero-order valence-corrected chi connectivity index (χ0v) is 17.3. The molecule has 30 heavy (non-hydrogen) atoms. The second-order valence-electron chi connectivity index (χ2n) is 7.84. The molecule has 1 aliphatic rings. The van der Waals surface area contributed by atoms with Crippen molar-refractivity contribution in [3.05, 3.63) is 77.2 Å². The van der Waals surface area contributed by atoms with Gasteiger partial charge in [-0.25, -0.2) is 4.98 Å². The molecule has 1 unspecified atom stereocenters. The average Bonchev–Trinajstić information content (AvgIpc) is 3.45. The monoisotopic (exact) mass is 401 g/mol. The molecule has 1 heterocycles. The Balaban J connectivity index is 1.33. The zero-order chi connectivity index (χ0) is 20.9. The van der Waals surface area contributed by atoms with Crippen LogP contribution in [0.1, 0.15) is 66.0 Å². The fourth-order valence-electron chi connectivity index (χ4n) is 4.03. The standard InChI is InChI=1S/C25H27N3O2/c1-2-21(25-26-16-22(28-25)18-7-4-3-5-8-18)27-24(30)14-13-23(29)20-12-11-17-9-6-10-19(17)15-20/h3-5,7-8,11-12,15-16,21H,2,6,9-10,13-14H2,1H3,(H,26,28)(H,27,30). The molecular weight excluding hydrogens is 374 g/mol. The molecule has 5 nitrogen and oxygen atoms in total. The predicted molar refractivity (Wildman–Crippen MR) is 117 cm³/mol. The van der Waals surface area contributed by atoms with E-state index in [9.17, 15) is 9.59 Å². The number of ketones is 1. The number of Topliss-reactive ketones (excluding diaryl/α,β-unsaturated/α-hetero) is 1. The highest BCUT2D eigenvalue weighted by Crippen LogP contribution is 2.24. The van der Waals surface area contributed by atoms with Crippen LogP contribution in [0.4, 0.5) is 0 Å². The second-order valence-corrected chi connectivity index (χ2v) is 7.84. The fourth-order valence-corrected chi connectivity index (χ4v) is 4.03. The molecule has 3 aromatic rings. The third-order valence-electron chi connectivity index (χ3n) is 5.75. The van der Waals surface area contributed by atoms with Gasteiger partial charge in [-0.3, -0.25) is 9.59 Å². The van der Waals surface area contributed by atoms with Crippen molar-refractivity contribution in [1.29, 1.82) is 0 Å². The molecule has 1 atom stereocenters. The summed E-state index contributed by atoms with van der Waals surface area (Å²) in [7, 11) is 0. The number of nitrogens with one attached hydrogen (secondary N) is 2. The quantitative estimate of drug-likeness (QED) is 0.533. The van der Waals surface area contributed by atoms with E-state index >= 15 is 0 Å². The van der Waals surface area contributed by atoms with E-state index in [2.05, 4.69) is 21.4 Å². The highest BCUT2D eigenvalue weighted by molar-refractivity contribution is 5.98. The van der Waals surface area contributed by atoms with Crippen LogP contribution in [-0.2, 0) is 17.6 Å². The number of nitrogens with zero attached hydrogens (tertiary/aromatic N) is 1. The minimum absolute atomic E-state index is 0.0252. The minimum Gasteiger partial charge on any atom is -0.346 e. The van der Waals surface area contributed by atoms with Crippen LogP contribution < -0.4 is 5.32 Å². The van der Waals surface area contributed by atoms with Gasteiger partial charge in [0.15, 0.2) is 5.78 Å². The summed E-state index contributed by atoms with van der Waals surface area (Å²) in [5.74, 6) is 0.626. The van der Waals surface area contributed by atoms with Crippen LogP contribution in [0, 0.1) is 0 Å². The SMILES string of the molecule is CCC(NC(=O)CCC(=O)c1ccc2c(c1)CCC2)c1ncc(-c2ccccc2)[nH]1. The lowest BCUT2D eigenvalue weighted by Gasteiger charge is -2.14. The molecule has 2 aromatic carbocycles. The van der Waals surface area contributed by atoms with Crippen LogP contribution in [0.2, 0.25) is 0 Å². The van der Waals surface area contributed by atoms with E-state index in [1.165, 1.54) is 11.1 Å². The number of aromatic nitrogens is 2. The van der Waals surface area contributed by atoms with Gasteiger partial charge in [-0.15, -0.1) is 0 Å². The van der Waals surface area contributed by atoms with Gasteiger partial charge < -0.3 is 10.3 Å². The zero-order valence-electron chi connectivity index (χ0n) is 17.3. The molecule has 0 radical (unpaired) electrons. The van der Waals surface area contributed by atoms with Gasteiger partial charge in [0.25, 0.3) is 0 Å². The second kappa shape index (κ2) is 9.08. The van der Waals surface area contributed by atoms with Gasteiger partial charge in [0.05, 0.1) is 17.9 Å². The summed E-state index contributed by atoms with van der Waals surface area (Å²) < 4.78 is 0. The van der Waals surface area contributed by atoms with Gasteiger partial charge in [0.1, 0.15) is 5.82 Å². The number of aryl methyl sites for hydroxylation is 2. The van der Waals surface area contributed by atoms with E-state index in [1.807, 2.05) is 49.4 Å². The first-order chi connectivity index (χ1) is 14.6. The number of amides is 1. The van der Waals surface area contributed by atoms with Crippen molar-refractivity contribution in [2.45, 2.75) is 51.5 Å². The molecule has 154 valence electrons. The summed E-state index contributed by atoms with van der Waals surface area (Å²) in [4.78, 5) is 32.8. The number of hydrogen-bond donors (Lipinski definition) is 2. The molecule has 4 rings (SSSR count). The molecule has 1 aromatic heterocycles. The Kier molecular flexibility index (Phi) is 6.07. The van der Waals surface area contributed by atoms with Crippen molar-refractivity contribution in [3.8, 4) is 11.3 Å². The van der Waals surface area contributed by atoms with Gasteiger partial charge >= 0.3 is 0 Å². The van der Waals surface area contributed by atoms with E-state index in [0.717, 1.165) is 36.3 Å². The summed E-state index contributed by atoms with van der Waals surface area (Å²) >= 11 is 0. The number of imidazole rings is 1. The maximum absolute atomic E-state index is 12.5. The molecule has 0 spiro atoms. The Morgan fingerprint density at radius 3 is 2.67 bits per heavy atom. The van der Waals surface area contributed by atoms with E-state index in [1.54, 1.807) is 6.20 Å². The fraction of sp³-hybridized carbons (Fsp3) is 0.320. The predicted octanol–water partition coefficient (Wildman–Crippen LogP) is 4.80. The number of rotatable bonds is 8. The number of carbonyl (C=O) groups excluding carboxylic acids is 2. The molecular formula is C25H27N3O2. The number of fused-ring (bicyclic) bond motifs is 1. The van der Waals surface area contributed by atoms with Crippen LogP contribution in [0.5, 0.6) is 0 Å². The Hall–Kier alpha value is -3.21. The van der Waals surface area contributed by atoms with Crippen LogP contribution in [-0.4, -0.2) is 21.7 Å². The van der Waals surface area contributed by atoms with Gasteiger partial charge in [-0.05, 0) is 48.4 Å². The first-order valence-corrected chi connectivity index (χ1v) is 10.7. The van der Waals surface area contributed by atoms with Gasteiger partial charge in [-0.2, -0.15) is 0 Å². The smallest absolute Gasteiger partial charge is 0.221 e. The average molecular weight is 402 g/mol. The lowest BCUT2D eigenvalue weighted by molar-refractivity contribution is -0.121. The summed E-state index contributed by atoms with van der Waals surface area (Å²) in [5.41, 5.74) is 5.32. The molecule has 0 saturated carbocycles. The van der Waals surface area contributed by atoms with Crippen LogP contribution in [0.25, 0.3) is 11.3 Å². The molecule has 1 aliphatic carbocycles. The summed E-state index contributed by atoms with van der Waals surface area (Å²) in [6, 6.07) is 15.7. The van der Waals surface area contributed by atoms with Crippen LogP contribution in [0.15, 0.2) is 54.7 Å². The molecule has 2 N–H and O–H groups in total. The van der Waals surface area contributed by atoms with Crippen LogP contribution >= 0.6 is 0 Å². The summed E-state index contributed by atoms with van der Waals surface area (Å²) in [6.45, 7) is 2.01. The first kappa shape index (κ1) is 20.1. The highest BCUT2D eigenvalue weighted by atomic mass is 16.2. The topological polar surface area (TPSA) is 74.8 Å². The molecule has 0 bridgehead atoms. The third-order valence-corrected chi connectivity index (χ3v) is 5.75. The number of benzene rings is 2. The van der Waals surface area contributed by atoms with Gasteiger partial charge in [0, 0.05) is 18.4 Å². The van der Waals surface area contributed by atoms with Crippen molar-refractivity contribution in [3.63, 3.8) is 0 Å². The van der Waals surface area contributed by atoms with E-state index in [0.29, 0.717) is 12.0 Å². The molecule has 1 amide bonds. The Bertz CT molecular complexity index is 1040. The van der Waals surface area contributed by atoms with Gasteiger partial charge in [0.2, 0.25) is 5.91 Å². The number of aromatic amines is 1. The van der Waals surface area contributed by atoms with Crippen molar-refractivity contribution in [1.82, 2.24) is 15.3 Å². The first-order valence-electron chi connectivity index (χ1n) is 10.7. The lowest BCUT2D eigenvalue weighted by Crippen LogP contribution is -2.29. The van der Waals surface area contributed by atoms with Gasteiger partial charge in [-0.1, -0.05) is 49.4 Å².